The van der Waals surface area contributed by atoms with Gasteiger partial charge in [0.1, 0.15) is 5.58 Å². The number of benzene rings is 1. The molecule has 2 rings (SSSR count). The molecular formula is C13H18BrNO3S. The molecular weight excluding hydrogens is 330 g/mol. The van der Waals surface area contributed by atoms with Crippen molar-refractivity contribution in [2.75, 3.05) is 10.1 Å². The van der Waals surface area contributed by atoms with Gasteiger partial charge < -0.3 is 4.42 Å². The third-order valence-corrected chi connectivity index (χ3v) is 3.33. The number of rotatable bonds is 5. The number of thiol groups is 1. The fourth-order valence-corrected chi connectivity index (χ4v) is 2.16. The first-order valence-electron chi connectivity index (χ1n) is 6.13. The molecule has 0 radical (unpaired) electrons. The van der Waals surface area contributed by atoms with E-state index in [0.29, 0.717) is 5.58 Å². The lowest BCUT2D eigenvalue weighted by molar-refractivity contribution is 0.609. The van der Waals surface area contributed by atoms with Gasteiger partial charge in [-0.2, -0.15) is 0 Å². The van der Waals surface area contributed by atoms with Crippen LogP contribution in [0.15, 0.2) is 34.7 Å². The maximum atomic E-state index is 10.3. The Balaban J connectivity index is 0.000000258. The molecule has 0 saturated heterocycles. The van der Waals surface area contributed by atoms with E-state index < -0.39 is 10.9 Å². The lowest BCUT2D eigenvalue weighted by Gasteiger charge is -1.87. The minimum Gasteiger partial charge on any atom is -0.440 e. The number of nitrogens with one attached hydrogen (secondary N) is 1. The second-order valence-electron chi connectivity index (χ2n) is 3.91. The van der Waals surface area contributed by atoms with Crippen LogP contribution in [0, 0.1) is 0 Å². The van der Waals surface area contributed by atoms with E-state index in [9.17, 15) is 8.42 Å². The Bertz CT molecular complexity index is 521. The number of halogens is 1. The molecule has 19 heavy (non-hydrogen) atoms. The Morgan fingerprint density at radius 3 is 2.53 bits per heavy atom. The zero-order chi connectivity index (χ0) is 14.1. The number of para-hydroxylation sites is 1. The van der Waals surface area contributed by atoms with E-state index in [2.05, 4.69) is 27.6 Å². The van der Waals surface area contributed by atoms with Crippen LogP contribution < -0.4 is 4.72 Å². The molecule has 0 amide bonds. The highest BCUT2D eigenvalue weighted by Gasteiger charge is 2.01. The molecule has 1 heterocycles. The summed E-state index contributed by atoms with van der Waals surface area (Å²) in [6.45, 7) is 2.21. The maximum Gasteiger partial charge on any atom is 0.224 e. The first kappa shape index (κ1) is 16.0. The fraction of sp³-hybridized carbons (Fsp3) is 0.385. The average molecular weight is 348 g/mol. The highest BCUT2D eigenvalue weighted by Crippen LogP contribution is 2.22. The second-order valence-corrected chi connectivity index (χ2v) is 5.44. The Kier molecular flexibility index (Phi) is 7.59. The number of hydrogen-bond donors (Lipinski definition) is 2. The first-order chi connectivity index (χ1) is 9.17. The van der Waals surface area contributed by atoms with E-state index >= 15 is 0 Å². The van der Waals surface area contributed by atoms with Crippen LogP contribution in [-0.2, 0) is 10.9 Å². The van der Waals surface area contributed by atoms with Gasteiger partial charge in [-0.05, 0) is 12.5 Å². The molecule has 0 unspecified atom stereocenters. The molecule has 0 saturated carbocycles. The number of anilines is 1. The smallest absolute Gasteiger partial charge is 0.224 e. The minimum atomic E-state index is -2.66. The summed E-state index contributed by atoms with van der Waals surface area (Å²) in [6, 6.07) is 8.95. The maximum absolute atomic E-state index is 10.3. The van der Waals surface area contributed by atoms with Crippen molar-refractivity contribution in [2.24, 2.45) is 0 Å². The minimum absolute atomic E-state index is 0.248. The van der Waals surface area contributed by atoms with Crippen LogP contribution in [0.1, 0.15) is 26.2 Å². The van der Waals surface area contributed by atoms with Crippen molar-refractivity contribution in [3.8, 4) is 0 Å². The Labute approximate surface area is 123 Å². The van der Waals surface area contributed by atoms with Gasteiger partial charge in [0.2, 0.25) is 16.8 Å². The number of furan rings is 1. The molecule has 0 aliphatic carbocycles. The van der Waals surface area contributed by atoms with Gasteiger partial charge in [0.25, 0.3) is 0 Å². The quantitative estimate of drug-likeness (QED) is 0.489. The summed E-state index contributed by atoms with van der Waals surface area (Å²) < 4.78 is 28.0. The normalized spacial score (nSPS) is 10.3. The predicted molar refractivity (Wildman–Crippen MR) is 83.5 cm³/mol. The van der Waals surface area contributed by atoms with Crippen molar-refractivity contribution in [3.63, 3.8) is 0 Å². The van der Waals surface area contributed by atoms with Crippen molar-refractivity contribution in [2.45, 2.75) is 26.2 Å². The van der Waals surface area contributed by atoms with Crippen LogP contribution in [0.2, 0.25) is 0 Å². The van der Waals surface area contributed by atoms with Crippen molar-refractivity contribution < 1.29 is 12.8 Å². The third kappa shape index (κ3) is 6.11. The van der Waals surface area contributed by atoms with E-state index in [1.54, 1.807) is 12.1 Å². The highest BCUT2D eigenvalue weighted by atomic mass is 79.9. The van der Waals surface area contributed by atoms with Crippen LogP contribution >= 0.6 is 15.9 Å². The van der Waals surface area contributed by atoms with Gasteiger partial charge in [-0.25, -0.2) is 8.42 Å². The average Bonchev–Trinajstić information content (AvgIpc) is 2.78. The first-order valence-corrected chi connectivity index (χ1v) is 8.43. The predicted octanol–water partition coefficient (Wildman–Crippen LogP) is 3.94. The van der Waals surface area contributed by atoms with Crippen molar-refractivity contribution in [3.05, 3.63) is 30.3 Å². The number of fused-ring (bicyclic) bond motifs is 1. The Morgan fingerprint density at radius 2 is 2.00 bits per heavy atom. The molecule has 0 spiro atoms. The van der Waals surface area contributed by atoms with E-state index in [4.69, 9.17) is 4.42 Å². The molecule has 0 aliphatic rings. The largest absolute Gasteiger partial charge is 0.440 e. The molecule has 0 fully saturated rings. The van der Waals surface area contributed by atoms with Crippen molar-refractivity contribution >= 4 is 43.7 Å². The van der Waals surface area contributed by atoms with Crippen LogP contribution in [0.25, 0.3) is 11.0 Å². The molecule has 4 nitrogen and oxygen atoms in total. The zero-order valence-corrected chi connectivity index (χ0v) is 13.2. The number of alkyl halides is 1. The topological polar surface area (TPSA) is 59.3 Å². The number of hydrogen-bond acceptors (Lipinski definition) is 3. The van der Waals surface area contributed by atoms with Gasteiger partial charge in [-0.3, -0.25) is 4.72 Å². The van der Waals surface area contributed by atoms with Gasteiger partial charge in [0.05, 0.1) is 0 Å². The van der Waals surface area contributed by atoms with Gasteiger partial charge in [-0.1, -0.05) is 53.9 Å². The molecule has 6 heteroatoms. The van der Waals surface area contributed by atoms with Crippen molar-refractivity contribution in [1.82, 2.24) is 0 Å². The molecule has 0 aliphatic heterocycles. The molecule has 2 aromatic rings. The Morgan fingerprint density at radius 1 is 1.26 bits per heavy atom. The van der Waals surface area contributed by atoms with E-state index in [-0.39, 0.29) is 5.88 Å². The Hall–Kier alpha value is -1.01. The van der Waals surface area contributed by atoms with Crippen molar-refractivity contribution in [1.29, 1.82) is 0 Å². The summed E-state index contributed by atoms with van der Waals surface area (Å²) in [5.41, 5.74) is 0.668. The summed E-state index contributed by atoms with van der Waals surface area (Å²) in [4.78, 5) is 0. The molecule has 1 aromatic carbocycles. The van der Waals surface area contributed by atoms with Gasteiger partial charge >= 0.3 is 0 Å². The molecule has 106 valence electrons. The van der Waals surface area contributed by atoms with Crippen LogP contribution in [0.3, 0.4) is 0 Å². The number of unbranched alkanes of at least 4 members (excludes halogenated alkanes) is 2. The summed E-state index contributed by atoms with van der Waals surface area (Å²) in [5.74, 6) is 0.248. The van der Waals surface area contributed by atoms with Gasteiger partial charge in [0, 0.05) is 16.8 Å². The lowest BCUT2D eigenvalue weighted by atomic mass is 10.3. The summed E-state index contributed by atoms with van der Waals surface area (Å²) in [7, 11) is -2.66. The lowest BCUT2D eigenvalue weighted by Crippen LogP contribution is -1.91. The monoisotopic (exact) mass is 347 g/mol. The fourth-order valence-electron chi connectivity index (χ4n) is 1.47. The van der Waals surface area contributed by atoms with Crippen LogP contribution in [0.5, 0.6) is 0 Å². The van der Waals surface area contributed by atoms with E-state index in [1.807, 2.05) is 18.2 Å². The third-order valence-electron chi connectivity index (χ3n) is 2.36. The van der Waals surface area contributed by atoms with E-state index in [0.717, 1.165) is 5.39 Å². The van der Waals surface area contributed by atoms with E-state index in [1.165, 1.54) is 24.6 Å². The summed E-state index contributed by atoms with van der Waals surface area (Å²) in [5, 5.41) is 2.04. The zero-order valence-electron chi connectivity index (χ0n) is 10.8. The summed E-state index contributed by atoms with van der Waals surface area (Å²) in [6.07, 6.45) is 4.02. The summed E-state index contributed by atoms with van der Waals surface area (Å²) >= 11 is 3.35. The van der Waals surface area contributed by atoms with Crippen LogP contribution in [0.4, 0.5) is 5.88 Å². The highest BCUT2D eigenvalue weighted by molar-refractivity contribution is 9.09. The molecule has 1 N–H and O–H groups in total. The SMILES string of the molecule is CCCCCBr.O=[SH](=O)Nc1cc2ccccc2o1. The standard InChI is InChI=1S/C8H7NO3S.C5H11Br/c10-13(11)9-8-5-6-3-1-2-4-7(6)12-8;1-2-3-4-5-6/h1-5,13H,(H,9,10,11);2-5H2,1H3. The van der Waals surface area contributed by atoms with Gasteiger partial charge in [0.15, 0.2) is 0 Å². The molecule has 0 bridgehead atoms. The van der Waals surface area contributed by atoms with Crippen LogP contribution in [-0.4, -0.2) is 13.7 Å². The van der Waals surface area contributed by atoms with Gasteiger partial charge in [-0.15, -0.1) is 0 Å². The molecule has 1 aromatic heterocycles. The second kappa shape index (κ2) is 8.98. The molecule has 0 atom stereocenters.